The van der Waals surface area contributed by atoms with E-state index in [0.29, 0.717) is 12.2 Å². The standard InChI is InChI=1S/C11H15NO4S/c1-7-5-17-6-8(7)10(13)12-9(11(14)15)3-4-16-2/h5-6,9H,3-4H2,1-2H3,(H,12,13)(H,14,15). The Kier molecular flexibility index (Phi) is 5.11. The van der Waals surface area contributed by atoms with E-state index in [0.717, 1.165) is 5.56 Å². The highest BCUT2D eigenvalue weighted by molar-refractivity contribution is 7.08. The highest BCUT2D eigenvalue weighted by atomic mass is 32.1. The molecule has 1 heterocycles. The minimum atomic E-state index is -1.05. The second-order valence-electron chi connectivity index (χ2n) is 3.61. The van der Waals surface area contributed by atoms with E-state index in [1.807, 2.05) is 12.3 Å². The summed E-state index contributed by atoms with van der Waals surface area (Å²) >= 11 is 1.41. The van der Waals surface area contributed by atoms with Crippen LogP contribution in [0.1, 0.15) is 22.3 Å². The number of nitrogens with one attached hydrogen (secondary N) is 1. The molecule has 0 spiro atoms. The highest BCUT2D eigenvalue weighted by Gasteiger charge is 2.21. The van der Waals surface area contributed by atoms with Crippen molar-refractivity contribution in [2.75, 3.05) is 13.7 Å². The number of aryl methyl sites for hydroxylation is 1. The average molecular weight is 257 g/mol. The van der Waals surface area contributed by atoms with Crippen LogP contribution in [0.25, 0.3) is 0 Å². The van der Waals surface area contributed by atoms with E-state index >= 15 is 0 Å². The van der Waals surface area contributed by atoms with Crippen LogP contribution in [0.15, 0.2) is 10.8 Å². The summed E-state index contributed by atoms with van der Waals surface area (Å²) in [6.45, 7) is 2.11. The number of ether oxygens (including phenoxy) is 1. The van der Waals surface area contributed by atoms with Crippen LogP contribution in [0.2, 0.25) is 0 Å². The Hall–Kier alpha value is -1.40. The number of carboxylic acid groups (broad SMARTS) is 1. The summed E-state index contributed by atoms with van der Waals surface area (Å²) in [5.41, 5.74) is 1.38. The van der Waals surface area contributed by atoms with Gasteiger partial charge in [-0.25, -0.2) is 4.79 Å². The predicted molar refractivity (Wildman–Crippen MR) is 64.4 cm³/mol. The van der Waals surface area contributed by atoms with E-state index in [1.54, 1.807) is 5.38 Å². The Morgan fingerprint density at radius 2 is 2.24 bits per heavy atom. The van der Waals surface area contributed by atoms with Crippen molar-refractivity contribution >= 4 is 23.2 Å². The molecule has 0 saturated heterocycles. The first-order chi connectivity index (χ1) is 8.06. The molecule has 0 aliphatic heterocycles. The fraction of sp³-hybridized carbons (Fsp3) is 0.455. The van der Waals surface area contributed by atoms with E-state index in [9.17, 15) is 9.59 Å². The molecule has 5 nitrogen and oxygen atoms in total. The van der Waals surface area contributed by atoms with Gasteiger partial charge in [0.25, 0.3) is 5.91 Å². The van der Waals surface area contributed by atoms with Crippen LogP contribution in [0.3, 0.4) is 0 Å². The van der Waals surface area contributed by atoms with E-state index in [4.69, 9.17) is 9.84 Å². The summed E-state index contributed by atoms with van der Waals surface area (Å²) in [5.74, 6) is -1.41. The molecule has 0 aliphatic carbocycles. The van der Waals surface area contributed by atoms with Gasteiger partial charge in [-0.1, -0.05) is 0 Å². The van der Waals surface area contributed by atoms with Crippen molar-refractivity contribution in [1.29, 1.82) is 0 Å². The summed E-state index contributed by atoms with van der Waals surface area (Å²) in [7, 11) is 1.49. The van der Waals surface area contributed by atoms with Gasteiger partial charge < -0.3 is 15.2 Å². The van der Waals surface area contributed by atoms with Gasteiger partial charge in [0, 0.05) is 25.5 Å². The number of carbonyl (C=O) groups excluding carboxylic acids is 1. The maximum atomic E-state index is 11.8. The Morgan fingerprint density at radius 3 is 2.71 bits per heavy atom. The quantitative estimate of drug-likeness (QED) is 0.805. The van der Waals surface area contributed by atoms with Crippen molar-refractivity contribution in [3.05, 3.63) is 21.9 Å². The normalized spacial score (nSPS) is 12.1. The number of amides is 1. The van der Waals surface area contributed by atoms with Crippen molar-refractivity contribution in [2.24, 2.45) is 0 Å². The number of carboxylic acids is 1. The van der Waals surface area contributed by atoms with Crippen LogP contribution in [0.5, 0.6) is 0 Å². The number of thiophene rings is 1. The third-order valence-corrected chi connectivity index (χ3v) is 3.18. The topological polar surface area (TPSA) is 75.6 Å². The molecular weight excluding hydrogens is 242 g/mol. The van der Waals surface area contributed by atoms with Crippen LogP contribution >= 0.6 is 11.3 Å². The lowest BCUT2D eigenvalue weighted by Gasteiger charge is -2.13. The molecule has 1 amide bonds. The largest absolute Gasteiger partial charge is 0.480 e. The van der Waals surface area contributed by atoms with Crippen LogP contribution < -0.4 is 5.32 Å². The van der Waals surface area contributed by atoms with Gasteiger partial charge in [0.05, 0.1) is 5.56 Å². The van der Waals surface area contributed by atoms with E-state index in [2.05, 4.69) is 5.32 Å². The van der Waals surface area contributed by atoms with Crippen LogP contribution in [0, 0.1) is 6.92 Å². The highest BCUT2D eigenvalue weighted by Crippen LogP contribution is 2.13. The van der Waals surface area contributed by atoms with Gasteiger partial charge in [-0.3, -0.25) is 4.79 Å². The molecule has 17 heavy (non-hydrogen) atoms. The van der Waals surface area contributed by atoms with Crippen molar-refractivity contribution in [1.82, 2.24) is 5.32 Å². The van der Waals surface area contributed by atoms with Gasteiger partial charge in [0.15, 0.2) is 0 Å². The number of carbonyl (C=O) groups is 2. The van der Waals surface area contributed by atoms with Gasteiger partial charge in [0.2, 0.25) is 0 Å². The van der Waals surface area contributed by atoms with Crippen LogP contribution in [0.4, 0.5) is 0 Å². The summed E-state index contributed by atoms with van der Waals surface area (Å²) in [6, 6.07) is -0.915. The summed E-state index contributed by atoms with van der Waals surface area (Å²) < 4.78 is 4.81. The van der Waals surface area contributed by atoms with Gasteiger partial charge in [-0.05, 0) is 17.9 Å². The zero-order valence-electron chi connectivity index (χ0n) is 9.73. The minimum Gasteiger partial charge on any atom is -0.480 e. The second kappa shape index (κ2) is 6.36. The molecule has 0 saturated carbocycles. The van der Waals surface area contributed by atoms with Gasteiger partial charge in [-0.15, -0.1) is 0 Å². The molecule has 2 N–H and O–H groups in total. The summed E-state index contributed by atoms with van der Waals surface area (Å²) in [5, 5.41) is 15.0. The maximum absolute atomic E-state index is 11.8. The molecule has 1 atom stereocenters. The SMILES string of the molecule is COCCC(NC(=O)c1cscc1C)C(=O)O. The zero-order valence-corrected chi connectivity index (χ0v) is 10.5. The van der Waals surface area contributed by atoms with Crippen LogP contribution in [-0.2, 0) is 9.53 Å². The molecule has 0 radical (unpaired) electrons. The molecule has 0 aromatic carbocycles. The Balaban J connectivity index is 2.64. The van der Waals surface area contributed by atoms with E-state index < -0.39 is 12.0 Å². The lowest BCUT2D eigenvalue weighted by molar-refractivity contribution is -0.139. The first-order valence-corrected chi connectivity index (χ1v) is 6.06. The molecule has 1 unspecified atom stereocenters. The van der Waals surface area contributed by atoms with Crippen molar-refractivity contribution < 1.29 is 19.4 Å². The Bertz CT molecular complexity index is 402. The zero-order chi connectivity index (χ0) is 12.8. The van der Waals surface area contributed by atoms with E-state index in [1.165, 1.54) is 18.4 Å². The Labute approximate surface area is 103 Å². The van der Waals surface area contributed by atoms with Crippen molar-refractivity contribution in [3.8, 4) is 0 Å². The monoisotopic (exact) mass is 257 g/mol. The Morgan fingerprint density at radius 1 is 1.53 bits per heavy atom. The molecule has 1 rings (SSSR count). The molecule has 0 fully saturated rings. The smallest absolute Gasteiger partial charge is 0.326 e. The third kappa shape index (κ3) is 3.83. The van der Waals surface area contributed by atoms with Gasteiger partial charge in [-0.2, -0.15) is 11.3 Å². The van der Waals surface area contributed by atoms with Gasteiger partial charge in [0.1, 0.15) is 6.04 Å². The molecule has 0 bridgehead atoms. The minimum absolute atomic E-state index is 0.251. The average Bonchev–Trinajstić information content (AvgIpc) is 2.70. The number of hydrogen-bond acceptors (Lipinski definition) is 4. The summed E-state index contributed by atoms with van der Waals surface area (Å²) in [4.78, 5) is 22.7. The number of rotatable bonds is 6. The molecule has 1 aromatic rings. The third-order valence-electron chi connectivity index (χ3n) is 2.31. The molecule has 0 aliphatic rings. The van der Waals surface area contributed by atoms with E-state index in [-0.39, 0.29) is 12.3 Å². The van der Waals surface area contributed by atoms with Crippen LogP contribution in [-0.4, -0.2) is 36.7 Å². The van der Waals surface area contributed by atoms with Crippen molar-refractivity contribution in [3.63, 3.8) is 0 Å². The number of methoxy groups -OCH3 is 1. The number of hydrogen-bond donors (Lipinski definition) is 2. The molecule has 6 heteroatoms. The van der Waals surface area contributed by atoms with Gasteiger partial charge >= 0.3 is 5.97 Å². The lowest BCUT2D eigenvalue weighted by Crippen LogP contribution is -2.41. The summed E-state index contributed by atoms with van der Waals surface area (Å²) in [6.07, 6.45) is 0.251. The number of aliphatic carboxylic acids is 1. The lowest BCUT2D eigenvalue weighted by atomic mass is 10.1. The predicted octanol–water partition coefficient (Wildman–Crippen LogP) is 1.28. The first kappa shape index (κ1) is 13.7. The van der Waals surface area contributed by atoms with Crippen molar-refractivity contribution in [2.45, 2.75) is 19.4 Å². The molecular formula is C11H15NO4S. The second-order valence-corrected chi connectivity index (χ2v) is 4.36. The first-order valence-electron chi connectivity index (χ1n) is 5.11. The molecule has 1 aromatic heterocycles. The fourth-order valence-electron chi connectivity index (χ4n) is 1.32. The fourth-order valence-corrected chi connectivity index (χ4v) is 2.15. The molecule has 94 valence electrons. The maximum Gasteiger partial charge on any atom is 0.326 e.